The van der Waals surface area contributed by atoms with Crippen LogP contribution in [0.15, 0.2) is 6.07 Å². The predicted molar refractivity (Wildman–Crippen MR) is 60.4 cm³/mol. The van der Waals surface area contributed by atoms with E-state index >= 15 is 0 Å². The number of aromatic nitrogens is 1. The maximum atomic E-state index is 12.1. The number of hydrogen-bond donors (Lipinski definition) is 1. The zero-order valence-corrected chi connectivity index (χ0v) is 10.9. The first-order chi connectivity index (χ1) is 8.23. The van der Waals surface area contributed by atoms with Gasteiger partial charge < -0.3 is 19.9 Å². The van der Waals surface area contributed by atoms with Gasteiger partial charge in [-0.1, -0.05) is 0 Å². The average Bonchev–Trinajstić information content (AvgIpc) is 2.19. The molecule has 1 aromatic heterocycles. The molecule has 0 atom stereocenters. The number of rotatable bonds is 3. The lowest BCUT2D eigenvalue weighted by molar-refractivity contribution is -0.276. The molecule has 0 saturated heterocycles. The maximum absolute atomic E-state index is 12.1. The summed E-state index contributed by atoms with van der Waals surface area (Å²) in [7, 11) is 1.22. The molecule has 10 heteroatoms. The molecule has 1 rings (SSSR count). The molecule has 0 aliphatic rings. The highest BCUT2D eigenvalue weighted by Gasteiger charge is 2.34. The molecule has 0 radical (unpaired) electrons. The van der Waals surface area contributed by atoms with Crippen LogP contribution in [-0.4, -0.2) is 24.5 Å². The second kappa shape index (κ2) is 5.46. The van der Waals surface area contributed by atoms with Crippen molar-refractivity contribution in [2.45, 2.75) is 6.36 Å². The van der Waals surface area contributed by atoms with Crippen molar-refractivity contribution in [1.29, 1.82) is 0 Å². The highest BCUT2D eigenvalue weighted by atomic mass is 127. The third kappa shape index (κ3) is 4.09. The molecule has 1 amide bonds. The Morgan fingerprint density at radius 2 is 2.06 bits per heavy atom. The molecule has 2 N–H and O–H groups in total. The number of carbonyl (C=O) groups excluding carboxylic acids is 1. The Labute approximate surface area is 112 Å². The lowest BCUT2D eigenvalue weighted by atomic mass is 10.4. The van der Waals surface area contributed by atoms with Crippen LogP contribution in [0.4, 0.5) is 18.0 Å². The number of carbonyl (C=O) groups is 1. The van der Waals surface area contributed by atoms with Crippen molar-refractivity contribution >= 4 is 28.7 Å². The summed E-state index contributed by atoms with van der Waals surface area (Å²) < 4.78 is 49.4. The predicted octanol–water partition coefficient (Wildman–Crippen LogP) is 2.05. The largest absolute Gasteiger partial charge is 0.574 e. The van der Waals surface area contributed by atoms with E-state index in [2.05, 4.69) is 14.5 Å². The molecule has 0 fully saturated rings. The summed E-state index contributed by atoms with van der Waals surface area (Å²) in [5, 5.41) is 0. The molecule has 100 valence electrons. The number of nitrogens with zero attached hydrogens (tertiary/aromatic N) is 1. The standard InChI is InChI=1S/C8H6F3IN2O4/c1-16-5-3(12)2-4(17-7(13)15)6(14-5)18-8(9,10)11/h2H,1H3,(H2,13,15). The number of methoxy groups -OCH3 is 1. The number of nitrogens with two attached hydrogens (primary N) is 1. The Kier molecular flexibility index (Phi) is 4.43. The summed E-state index contributed by atoms with van der Waals surface area (Å²) in [6.45, 7) is 0. The van der Waals surface area contributed by atoms with Crippen LogP contribution in [-0.2, 0) is 0 Å². The van der Waals surface area contributed by atoms with Crippen molar-refractivity contribution in [3.05, 3.63) is 9.64 Å². The molecule has 18 heavy (non-hydrogen) atoms. The fourth-order valence-corrected chi connectivity index (χ4v) is 1.57. The quantitative estimate of drug-likeness (QED) is 0.815. The minimum absolute atomic E-state index is 0.105. The first-order valence-corrected chi connectivity index (χ1v) is 5.28. The van der Waals surface area contributed by atoms with Gasteiger partial charge in [-0.15, -0.1) is 13.2 Å². The van der Waals surface area contributed by atoms with E-state index in [1.807, 2.05) is 0 Å². The number of pyridine rings is 1. The topological polar surface area (TPSA) is 83.7 Å². The van der Waals surface area contributed by atoms with Crippen LogP contribution in [0.1, 0.15) is 0 Å². The van der Waals surface area contributed by atoms with Gasteiger partial charge in [0.05, 0.1) is 10.7 Å². The molecule has 0 aromatic carbocycles. The number of halogens is 4. The highest BCUT2D eigenvalue weighted by Crippen LogP contribution is 2.35. The van der Waals surface area contributed by atoms with Gasteiger partial charge in [0, 0.05) is 6.07 Å². The van der Waals surface area contributed by atoms with Gasteiger partial charge >= 0.3 is 12.5 Å². The van der Waals surface area contributed by atoms with E-state index in [9.17, 15) is 18.0 Å². The molecular formula is C8H6F3IN2O4. The normalized spacial score (nSPS) is 10.9. The lowest BCUT2D eigenvalue weighted by Gasteiger charge is -2.13. The van der Waals surface area contributed by atoms with Crippen LogP contribution in [0.2, 0.25) is 0 Å². The van der Waals surface area contributed by atoms with E-state index in [0.717, 1.165) is 6.07 Å². The maximum Gasteiger partial charge on any atom is 0.574 e. The molecule has 0 aliphatic heterocycles. The molecule has 0 spiro atoms. The Hall–Kier alpha value is -1.46. The summed E-state index contributed by atoms with van der Waals surface area (Å²) >= 11 is 1.73. The van der Waals surface area contributed by atoms with Crippen LogP contribution < -0.4 is 19.9 Å². The first kappa shape index (κ1) is 14.6. The Morgan fingerprint density at radius 1 is 1.44 bits per heavy atom. The van der Waals surface area contributed by atoms with Gasteiger partial charge in [0.25, 0.3) is 5.88 Å². The molecule has 0 saturated carbocycles. The smallest absolute Gasteiger partial charge is 0.480 e. The van der Waals surface area contributed by atoms with Crippen molar-refractivity contribution in [2.75, 3.05) is 7.11 Å². The zero-order valence-electron chi connectivity index (χ0n) is 8.75. The van der Waals surface area contributed by atoms with Crippen molar-refractivity contribution in [3.63, 3.8) is 0 Å². The van der Waals surface area contributed by atoms with Gasteiger partial charge in [0.1, 0.15) is 0 Å². The third-order valence-electron chi connectivity index (χ3n) is 1.49. The van der Waals surface area contributed by atoms with Gasteiger partial charge in [0.15, 0.2) is 5.75 Å². The van der Waals surface area contributed by atoms with Gasteiger partial charge in [0.2, 0.25) is 5.88 Å². The number of ether oxygens (including phenoxy) is 3. The SMILES string of the molecule is COc1nc(OC(F)(F)F)c(OC(N)=O)cc1I. The summed E-state index contributed by atoms with van der Waals surface area (Å²) in [5.74, 6) is -1.62. The fraction of sp³-hybridized carbons (Fsp3) is 0.250. The van der Waals surface area contributed by atoms with Crippen molar-refractivity contribution < 1.29 is 32.2 Å². The summed E-state index contributed by atoms with van der Waals surface area (Å²) in [6, 6.07) is 1.08. The fourth-order valence-electron chi connectivity index (χ4n) is 0.947. The molecule has 0 bridgehead atoms. The van der Waals surface area contributed by atoms with Gasteiger partial charge in [-0.3, -0.25) is 0 Å². The molecule has 0 aliphatic carbocycles. The van der Waals surface area contributed by atoms with E-state index in [1.165, 1.54) is 7.11 Å². The van der Waals surface area contributed by atoms with Crippen molar-refractivity contribution in [2.24, 2.45) is 5.73 Å². The van der Waals surface area contributed by atoms with Crippen LogP contribution in [0, 0.1) is 3.57 Å². The van der Waals surface area contributed by atoms with Gasteiger partial charge in [-0.2, -0.15) is 4.98 Å². The molecule has 1 aromatic rings. The number of alkyl halides is 3. The second-order valence-electron chi connectivity index (χ2n) is 2.75. The van der Waals surface area contributed by atoms with E-state index in [-0.39, 0.29) is 5.88 Å². The number of amides is 1. The summed E-state index contributed by atoms with van der Waals surface area (Å²) in [4.78, 5) is 14.0. The Bertz CT molecular complexity index is 466. The molecule has 6 nitrogen and oxygen atoms in total. The van der Waals surface area contributed by atoms with E-state index in [1.54, 1.807) is 22.6 Å². The van der Waals surface area contributed by atoms with Gasteiger partial charge in [-0.05, 0) is 22.6 Å². The number of primary amides is 1. The monoisotopic (exact) mass is 378 g/mol. The third-order valence-corrected chi connectivity index (χ3v) is 2.27. The van der Waals surface area contributed by atoms with Crippen molar-refractivity contribution in [3.8, 4) is 17.5 Å². The number of hydrogen-bond acceptors (Lipinski definition) is 5. The molecule has 1 heterocycles. The zero-order chi connectivity index (χ0) is 13.9. The average molecular weight is 378 g/mol. The Balaban J connectivity index is 3.21. The molecule has 0 unspecified atom stereocenters. The Morgan fingerprint density at radius 3 is 2.50 bits per heavy atom. The van der Waals surface area contributed by atoms with Crippen LogP contribution in [0.25, 0.3) is 0 Å². The van der Waals surface area contributed by atoms with E-state index in [4.69, 9.17) is 10.5 Å². The van der Waals surface area contributed by atoms with Crippen LogP contribution in [0.5, 0.6) is 17.5 Å². The summed E-state index contributed by atoms with van der Waals surface area (Å²) in [5.41, 5.74) is 4.72. The minimum atomic E-state index is -4.99. The van der Waals surface area contributed by atoms with E-state index in [0.29, 0.717) is 3.57 Å². The second-order valence-corrected chi connectivity index (χ2v) is 3.91. The van der Waals surface area contributed by atoms with Crippen LogP contribution >= 0.6 is 22.6 Å². The van der Waals surface area contributed by atoms with Crippen LogP contribution in [0.3, 0.4) is 0 Å². The van der Waals surface area contributed by atoms with Gasteiger partial charge in [-0.25, -0.2) is 4.79 Å². The lowest BCUT2D eigenvalue weighted by Crippen LogP contribution is -2.21. The molecular weight excluding hydrogens is 372 g/mol. The first-order valence-electron chi connectivity index (χ1n) is 4.20. The summed E-state index contributed by atoms with van der Waals surface area (Å²) in [6.07, 6.45) is -6.27. The highest BCUT2D eigenvalue weighted by molar-refractivity contribution is 14.1. The van der Waals surface area contributed by atoms with E-state index < -0.39 is 24.1 Å². The van der Waals surface area contributed by atoms with Crippen molar-refractivity contribution in [1.82, 2.24) is 4.98 Å². The minimum Gasteiger partial charge on any atom is -0.480 e.